The normalized spacial score (nSPS) is 15.3. The van der Waals surface area contributed by atoms with E-state index in [-0.39, 0.29) is 18.9 Å². The minimum absolute atomic E-state index is 0.112. The van der Waals surface area contributed by atoms with Gasteiger partial charge in [0.25, 0.3) is 0 Å². The fourth-order valence-electron chi connectivity index (χ4n) is 1.91. The van der Waals surface area contributed by atoms with Gasteiger partial charge >= 0.3 is 11.8 Å². The Bertz CT molecular complexity index is 339. The fraction of sp³-hybridized carbons (Fsp3) is 0.769. The average molecular weight is 284 g/mol. The first kappa shape index (κ1) is 16.4. The van der Waals surface area contributed by atoms with Gasteiger partial charge in [0.15, 0.2) is 0 Å². The van der Waals surface area contributed by atoms with Crippen LogP contribution in [0.15, 0.2) is 0 Å². The Morgan fingerprint density at radius 1 is 1.10 bits per heavy atom. The van der Waals surface area contributed by atoms with Gasteiger partial charge in [-0.05, 0) is 19.4 Å². The fourth-order valence-corrected chi connectivity index (χ4v) is 1.91. The van der Waals surface area contributed by atoms with Crippen molar-refractivity contribution in [2.75, 3.05) is 39.3 Å². The number of nitrogens with one attached hydrogen (secondary N) is 3. The van der Waals surface area contributed by atoms with Crippen molar-refractivity contribution in [1.29, 1.82) is 0 Å². The summed E-state index contributed by atoms with van der Waals surface area (Å²) in [6.45, 7) is 5.50. The van der Waals surface area contributed by atoms with E-state index >= 15 is 0 Å². The molecular formula is C13H24N4O3. The Balaban J connectivity index is 2.24. The lowest BCUT2D eigenvalue weighted by atomic mass is 10.3. The highest BCUT2D eigenvalue weighted by molar-refractivity contribution is 6.35. The quantitative estimate of drug-likeness (QED) is 0.556. The van der Waals surface area contributed by atoms with Gasteiger partial charge in [-0.25, -0.2) is 0 Å². The third-order valence-electron chi connectivity index (χ3n) is 3.03. The van der Waals surface area contributed by atoms with Gasteiger partial charge in [0.2, 0.25) is 5.91 Å². The molecule has 3 amide bonds. The summed E-state index contributed by atoms with van der Waals surface area (Å²) in [4.78, 5) is 36.5. The molecule has 0 aromatic carbocycles. The number of rotatable bonds is 5. The summed E-state index contributed by atoms with van der Waals surface area (Å²) in [5.41, 5.74) is 0. The minimum atomic E-state index is -0.629. The van der Waals surface area contributed by atoms with Crippen LogP contribution in [-0.2, 0) is 14.4 Å². The largest absolute Gasteiger partial charge is 0.356 e. The highest BCUT2D eigenvalue weighted by Crippen LogP contribution is 1.96. The summed E-state index contributed by atoms with van der Waals surface area (Å²) in [6, 6.07) is 0. The molecule has 7 nitrogen and oxygen atoms in total. The molecule has 0 aromatic heterocycles. The monoisotopic (exact) mass is 284 g/mol. The van der Waals surface area contributed by atoms with E-state index in [1.807, 2.05) is 6.92 Å². The van der Waals surface area contributed by atoms with Crippen LogP contribution in [0, 0.1) is 0 Å². The number of nitrogens with zero attached hydrogens (tertiary/aromatic N) is 1. The maximum Gasteiger partial charge on any atom is 0.311 e. The Morgan fingerprint density at radius 2 is 1.90 bits per heavy atom. The van der Waals surface area contributed by atoms with Crippen LogP contribution in [0.4, 0.5) is 0 Å². The molecule has 0 aromatic rings. The molecule has 1 heterocycles. The maximum absolute atomic E-state index is 11.9. The molecule has 3 N–H and O–H groups in total. The molecule has 0 saturated carbocycles. The van der Waals surface area contributed by atoms with E-state index in [9.17, 15) is 14.4 Å². The van der Waals surface area contributed by atoms with Crippen LogP contribution < -0.4 is 16.0 Å². The first-order valence-corrected chi connectivity index (χ1v) is 7.19. The van der Waals surface area contributed by atoms with Crippen molar-refractivity contribution >= 4 is 17.7 Å². The molecular weight excluding hydrogens is 260 g/mol. The molecule has 1 saturated heterocycles. The number of carbonyl (C=O) groups is 3. The van der Waals surface area contributed by atoms with Crippen molar-refractivity contribution in [1.82, 2.24) is 20.9 Å². The lowest BCUT2D eigenvalue weighted by Crippen LogP contribution is -2.45. The van der Waals surface area contributed by atoms with Crippen LogP contribution >= 0.6 is 0 Å². The molecule has 0 aliphatic carbocycles. The summed E-state index contributed by atoms with van der Waals surface area (Å²) >= 11 is 0. The number of amides is 3. The molecule has 7 heteroatoms. The minimum Gasteiger partial charge on any atom is -0.356 e. The van der Waals surface area contributed by atoms with E-state index in [2.05, 4.69) is 16.0 Å². The Labute approximate surface area is 119 Å². The van der Waals surface area contributed by atoms with Gasteiger partial charge in [-0.15, -0.1) is 0 Å². The maximum atomic E-state index is 11.9. The molecule has 0 radical (unpaired) electrons. The van der Waals surface area contributed by atoms with Gasteiger partial charge in [0.05, 0.1) is 0 Å². The molecule has 20 heavy (non-hydrogen) atoms. The Kier molecular flexibility index (Phi) is 7.64. The lowest BCUT2D eigenvalue weighted by Gasteiger charge is -2.19. The van der Waals surface area contributed by atoms with Gasteiger partial charge in [-0.3, -0.25) is 14.4 Å². The van der Waals surface area contributed by atoms with Crippen molar-refractivity contribution in [3.63, 3.8) is 0 Å². The zero-order valence-corrected chi connectivity index (χ0v) is 12.0. The molecule has 1 aliphatic heterocycles. The summed E-state index contributed by atoms with van der Waals surface area (Å²) in [6.07, 6.45) is 1.92. The highest BCUT2D eigenvalue weighted by Gasteiger charge is 2.22. The molecule has 0 spiro atoms. The third-order valence-corrected chi connectivity index (χ3v) is 3.03. The molecule has 1 fully saturated rings. The van der Waals surface area contributed by atoms with Crippen molar-refractivity contribution in [2.24, 2.45) is 0 Å². The summed E-state index contributed by atoms with van der Waals surface area (Å²) in [5.74, 6) is -1.25. The number of hydrogen-bond donors (Lipinski definition) is 3. The van der Waals surface area contributed by atoms with Crippen LogP contribution in [0.2, 0.25) is 0 Å². The smallest absolute Gasteiger partial charge is 0.311 e. The van der Waals surface area contributed by atoms with Gasteiger partial charge in [0.1, 0.15) is 0 Å². The average Bonchev–Trinajstić information content (AvgIpc) is 2.73. The zero-order valence-electron chi connectivity index (χ0n) is 12.0. The molecule has 0 bridgehead atoms. The van der Waals surface area contributed by atoms with Crippen molar-refractivity contribution in [3.05, 3.63) is 0 Å². The van der Waals surface area contributed by atoms with Crippen LogP contribution in [0.5, 0.6) is 0 Å². The first-order chi connectivity index (χ1) is 9.65. The summed E-state index contributed by atoms with van der Waals surface area (Å²) in [7, 11) is 0. The summed E-state index contributed by atoms with van der Waals surface area (Å²) in [5, 5.41) is 8.38. The van der Waals surface area contributed by atoms with Gasteiger partial charge in [0, 0.05) is 39.1 Å². The van der Waals surface area contributed by atoms with Crippen molar-refractivity contribution in [3.8, 4) is 0 Å². The molecule has 0 unspecified atom stereocenters. The van der Waals surface area contributed by atoms with E-state index in [4.69, 9.17) is 0 Å². The van der Waals surface area contributed by atoms with E-state index < -0.39 is 11.8 Å². The predicted octanol–water partition coefficient (Wildman–Crippen LogP) is -1.16. The van der Waals surface area contributed by atoms with E-state index in [1.165, 1.54) is 0 Å². The second-order valence-corrected chi connectivity index (χ2v) is 4.75. The highest BCUT2D eigenvalue weighted by atomic mass is 16.2. The number of carbonyl (C=O) groups excluding carboxylic acids is 3. The van der Waals surface area contributed by atoms with E-state index in [0.29, 0.717) is 26.2 Å². The van der Waals surface area contributed by atoms with E-state index in [1.54, 1.807) is 4.90 Å². The third kappa shape index (κ3) is 6.01. The summed E-state index contributed by atoms with van der Waals surface area (Å²) < 4.78 is 0. The Hall–Kier alpha value is -1.63. The SMILES string of the molecule is CCCNC(=O)CCNC(=O)C(=O)N1CCCNCC1. The zero-order chi connectivity index (χ0) is 14.8. The molecule has 1 aliphatic rings. The number of hydrogen-bond acceptors (Lipinski definition) is 4. The van der Waals surface area contributed by atoms with Gasteiger partial charge < -0.3 is 20.9 Å². The standard InChI is InChI=1S/C13H24N4O3/c1-2-5-15-11(18)4-7-16-12(19)13(20)17-9-3-6-14-8-10-17/h14H,2-10H2,1H3,(H,15,18)(H,16,19). The van der Waals surface area contributed by atoms with Crippen LogP contribution in [-0.4, -0.2) is 61.9 Å². The van der Waals surface area contributed by atoms with Crippen molar-refractivity contribution in [2.45, 2.75) is 26.2 Å². The second kappa shape index (κ2) is 9.30. The van der Waals surface area contributed by atoms with Crippen LogP contribution in [0.3, 0.4) is 0 Å². The molecule has 1 rings (SSSR count). The van der Waals surface area contributed by atoms with Gasteiger partial charge in [-0.1, -0.05) is 6.92 Å². The van der Waals surface area contributed by atoms with Crippen LogP contribution in [0.1, 0.15) is 26.2 Å². The van der Waals surface area contributed by atoms with Crippen LogP contribution in [0.25, 0.3) is 0 Å². The first-order valence-electron chi connectivity index (χ1n) is 7.19. The van der Waals surface area contributed by atoms with E-state index in [0.717, 1.165) is 19.4 Å². The van der Waals surface area contributed by atoms with Crippen molar-refractivity contribution < 1.29 is 14.4 Å². The topological polar surface area (TPSA) is 90.5 Å². The lowest BCUT2D eigenvalue weighted by molar-refractivity contribution is -0.145. The molecule has 0 atom stereocenters. The molecule has 114 valence electrons. The predicted molar refractivity (Wildman–Crippen MR) is 75.0 cm³/mol. The van der Waals surface area contributed by atoms with Gasteiger partial charge in [-0.2, -0.15) is 0 Å². The Morgan fingerprint density at radius 3 is 2.65 bits per heavy atom. The second-order valence-electron chi connectivity index (χ2n) is 4.75.